The zero-order chi connectivity index (χ0) is 19.2. The third kappa shape index (κ3) is 8.58. The van der Waals surface area contributed by atoms with Crippen LogP contribution in [0.3, 0.4) is 0 Å². The normalized spacial score (nSPS) is 18.8. The number of nitrogens with one attached hydrogen (secondary N) is 2. The van der Waals surface area contributed by atoms with Crippen LogP contribution in [0.5, 0.6) is 0 Å². The van der Waals surface area contributed by atoms with Gasteiger partial charge in [-0.25, -0.2) is 0 Å². The van der Waals surface area contributed by atoms with Crippen LogP contribution in [0.1, 0.15) is 25.7 Å². The fourth-order valence-electron chi connectivity index (χ4n) is 3.72. The van der Waals surface area contributed by atoms with Crippen LogP contribution in [0.15, 0.2) is 0 Å². The van der Waals surface area contributed by atoms with Gasteiger partial charge in [-0.1, -0.05) is 5.92 Å². The molecule has 1 spiro atoms. The lowest BCUT2D eigenvalue weighted by Crippen LogP contribution is -2.50. The lowest BCUT2D eigenvalue weighted by Gasteiger charge is -2.49. The standard InChI is InChI=1S/C20H34N2O5/c1-2-8-24-10-12-26-14-15-27-13-11-25-9-7-22-19(23)18-16-20(17-18)3-5-21-6-4-20/h1,18,21H,3-17H2,(H,22,23). The Morgan fingerprint density at radius 1 is 0.963 bits per heavy atom. The Labute approximate surface area is 162 Å². The van der Waals surface area contributed by atoms with E-state index in [1.165, 1.54) is 12.8 Å². The number of hydrogen-bond donors (Lipinski definition) is 2. The number of carbonyl (C=O) groups excluding carboxylic acids is 1. The molecule has 1 amide bonds. The van der Waals surface area contributed by atoms with Crippen LogP contribution in [0.2, 0.25) is 0 Å². The van der Waals surface area contributed by atoms with E-state index in [-0.39, 0.29) is 11.8 Å². The quantitative estimate of drug-likeness (QED) is 0.338. The number of ether oxygens (including phenoxy) is 4. The molecule has 0 aromatic rings. The highest BCUT2D eigenvalue weighted by Crippen LogP contribution is 2.51. The molecular formula is C20H34N2O5. The molecule has 2 fully saturated rings. The molecule has 0 aromatic carbocycles. The number of terminal acetylenes is 1. The fraction of sp³-hybridized carbons (Fsp3) is 0.850. The zero-order valence-corrected chi connectivity index (χ0v) is 16.3. The van der Waals surface area contributed by atoms with Crippen LogP contribution in [-0.2, 0) is 23.7 Å². The molecule has 0 unspecified atom stereocenters. The van der Waals surface area contributed by atoms with Crippen LogP contribution in [0.25, 0.3) is 0 Å². The second-order valence-corrected chi connectivity index (χ2v) is 7.24. The monoisotopic (exact) mass is 382 g/mol. The Morgan fingerprint density at radius 3 is 2.11 bits per heavy atom. The van der Waals surface area contributed by atoms with Gasteiger partial charge in [0.2, 0.25) is 5.91 Å². The minimum absolute atomic E-state index is 0.183. The number of carbonyl (C=O) groups is 1. The first-order valence-electron chi connectivity index (χ1n) is 9.99. The van der Waals surface area contributed by atoms with Crippen LogP contribution in [0, 0.1) is 23.7 Å². The summed E-state index contributed by atoms with van der Waals surface area (Å²) in [6, 6.07) is 0. The summed E-state index contributed by atoms with van der Waals surface area (Å²) in [6.07, 6.45) is 9.58. The first-order valence-corrected chi connectivity index (χ1v) is 9.99. The third-order valence-corrected chi connectivity index (χ3v) is 5.24. The summed E-state index contributed by atoms with van der Waals surface area (Å²) in [5.74, 6) is 2.78. The van der Waals surface area contributed by atoms with Crippen molar-refractivity contribution in [3.05, 3.63) is 0 Å². The second-order valence-electron chi connectivity index (χ2n) is 7.24. The van der Waals surface area contributed by atoms with Crippen LogP contribution in [0.4, 0.5) is 0 Å². The molecule has 0 bridgehead atoms. The molecule has 2 rings (SSSR count). The summed E-state index contributed by atoms with van der Waals surface area (Å²) in [4.78, 5) is 12.1. The van der Waals surface area contributed by atoms with E-state index < -0.39 is 0 Å². The highest BCUT2D eigenvalue weighted by molar-refractivity contribution is 5.79. The molecule has 0 aromatic heterocycles. The average molecular weight is 383 g/mol. The first kappa shape index (κ1) is 22.1. The second kappa shape index (κ2) is 13.1. The SMILES string of the molecule is C#CCOCCOCCOCCOCCNC(=O)C1CC2(CCNCC2)C1. The smallest absolute Gasteiger partial charge is 0.223 e. The van der Waals surface area contributed by atoms with Gasteiger partial charge in [-0.3, -0.25) is 4.79 Å². The van der Waals surface area contributed by atoms with E-state index in [2.05, 4.69) is 16.6 Å². The lowest BCUT2D eigenvalue weighted by molar-refractivity contribution is -0.134. The molecule has 7 nitrogen and oxygen atoms in total. The van der Waals surface area contributed by atoms with Crippen molar-refractivity contribution in [1.29, 1.82) is 0 Å². The van der Waals surface area contributed by atoms with Gasteiger partial charge in [0.15, 0.2) is 0 Å². The summed E-state index contributed by atoms with van der Waals surface area (Å²) in [7, 11) is 0. The molecule has 1 saturated carbocycles. The van der Waals surface area contributed by atoms with Crippen molar-refractivity contribution in [2.75, 3.05) is 72.5 Å². The van der Waals surface area contributed by atoms with Gasteiger partial charge in [-0.05, 0) is 44.2 Å². The van der Waals surface area contributed by atoms with E-state index in [9.17, 15) is 4.79 Å². The molecule has 154 valence electrons. The van der Waals surface area contributed by atoms with Crippen molar-refractivity contribution in [1.82, 2.24) is 10.6 Å². The molecule has 2 N–H and O–H groups in total. The summed E-state index contributed by atoms with van der Waals surface area (Å²) < 4.78 is 21.3. The van der Waals surface area contributed by atoms with E-state index in [0.29, 0.717) is 64.8 Å². The van der Waals surface area contributed by atoms with Crippen molar-refractivity contribution in [3.8, 4) is 12.3 Å². The Hall–Kier alpha value is -1.17. The largest absolute Gasteiger partial charge is 0.377 e. The van der Waals surface area contributed by atoms with Crippen molar-refractivity contribution in [2.45, 2.75) is 25.7 Å². The lowest BCUT2D eigenvalue weighted by atomic mass is 9.57. The topological polar surface area (TPSA) is 78.1 Å². The highest BCUT2D eigenvalue weighted by atomic mass is 16.6. The van der Waals surface area contributed by atoms with Crippen LogP contribution >= 0.6 is 0 Å². The Morgan fingerprint density at radius 2 is 1.52 bits per heavy atom. The van der Waals surface area contributed by atoms with E-state index >= 15 is 0 Å². The number of rotatable bonds is 14. The van der Waals surface area contributed by atoms with Crippen molar-refractivity contribution in [2.24, 2.45) is 11.3 Å². The Balaban J connectivity index is 1.31. The molecule has 0 radical (unpaired) electrons. The molecule has 7 heteroatoms. The molecule has 2 aliphatic rings. The highest BCUT2D eigenvalue weighted by Gasteiger charge is 2.47. The number of hydrogen-bond acceptors (Lipinski definition) is 6. The van der Waals surface area contributed by atoms with Gasteiger partial charge in [-0.15, -0.1) is 6.42 Å². The van der Waals surface area contributed by atoms with E-state index in [1.54, 1.807) is 0 Å². The van der Waals surface area contributed by atoms with Gasteiger partial charge in [0.05, 0.1) is 46.2 Å². The molecule has 1 heterocycles. The van der Waals surface area contributed by atoms with Crippen LogP contribution in [-0.4, -0.2) is 78.4 Å². The summed E-state index contributed by atoms with van der Waals surface area (Å²) in [5.41, 5.74) is 0.444. The fourth-order valence-corrected chi connectivity index (χ4v) is 3.72. The van der Waals surface area contributed by atoms with E-state index in [0.717, 1.165) is 25.9 Å². The maximum atomic E-state index is 12.1. The molecular weight excluding hydrogens is 348 g/mol. The van der Waals surface area contributed by atoms with Gasteiger partial charge in [0.1, 0.15) is 6.61 Å². The Kier molecular flexibility index (Phi) is 10.7. The van der Waals surface area contributed by atoms with Crippen molar-refractivity contribution >= 4 is 5.91 Å². The van der Waals surface area contributed by atoms with Crippen molar-refractivity contribution < 1.29 is 23.7 Å². The average Bonchev–Trinajstić information content (AvgIpc) is 2.66. The molecule has 0 atom stereocenters. The Bertz CT molecular complexity index is 452. The van der Waals surface area contributed by atoms with Gasteiger partial charge < -0.3 is 29.6 Å². The molecule has 1 aliphatic carbocycles. The number of amides is 1. The minimum Gasteiger partial charge on any atom is -0.377 e. The molecule has 27 heavy (non-hydrogen) atoms. The first-order chi connectivity index (χ1) is 13.3. The summed E-state index contributed by atoms with van der Waals surface area (Å²) in [6.45, 7) is 6.67. The summed E-state index contributed by atoms with van der Waals surface area (Å²) >= 11 is 0. The van der Waals surface area contributed by atoms with Gasteiger partial charge in [-0.2, -0.15) is 0 Å². The maximum Gasteiger partial charge on any atom is 0.223 e. The zero-order valence-electron chi connectivity index (χ0n) is 16.3. The molecule has 1 saturated heterocycles. The van der Waals surface area contributed by atoms with Crippen molar-refractivity contribution in [3.63, 3.8) is 0 Å². The minimum atomic E-state index is 0.183. The third-order valence-electron chi connectivity index (χ3n) is 5.24. The summed E-state index contributed by atoms with van der Waals surface area (Å²) in [5, 5.41) is 6.37. The number of piperidine rings is 1. The van der Waals surface area contributed by atoms with E-state index in [4.69, 9.17) is 25.4 Å². The van der Waals surface area contributed by atoms with Gasteiger partial charge in [0, 0.05) is 12.5 Å². The van der Waals surface area contributed by atoms with Crippen LogP contribution < -0.4 is 10.6 Å². The predicted molar refractivity (Wildman–Crippen MR) is 102 cm³/mol. The predicted octanol–water partition coefficient (Wildman–Crippen LogP) is 0.582. The molecule has 1 aliphatic heterocycles. The van der Waals surface area contributed by atoms with Gasteiger partial charge >= 0.3 is 0 Å². The van der Waals surface area contributed by atoms with E-state index in [1.807, 2.05) is 0 Å². The maximum absolute atomic E-state index is 12.1. The van der Waals surface area contributed by atoms with Gasteiger partial charge in [0.25, 0.3) is 0 Å².